The number of nitrogens with two attached hydrogens (primary N) is 1. The number of aromatic nitrogens is 1. The number of benzene rings is 3. The third-order valence-electron chi connectivity index (χ3n) is 4.39. The minimum Gasteiger partial charge on any atom is -0.436 e. The Bertz CT molecular complexity index is 1300. The summed E-state index contributed by atoms with van der Waals surface area (Å²) in [5.74, 6) is -0.0548. The minimum absolute atomic E-state index is 0.0154. The summed E-state index contributed by atoms with van der Waals surface area (Å²) in [4.78, 5) is 14.9. The van der Waals surface area contributed by atoms with E-state index in [0.29, 0.717) is 16.8 Å². The van der Waals surface area contributed by atoms with E-state index in [2.05, 4.69) is 4.98 Å². The van der Waals surface area contributed by atoms with E-state index in [1.165, 1.54) is 18.2 Å². The summed E-state index contributed by atoms with van der Waals surface area (Å²) in [5.41, 5.74) is 6.21. The van der Waals surface area contributed by atoms with Crippen LogP contribution in [0.2, 0.25) is 5.02 Å². The van der Waals surface area contributed by atoms with Crippen LogP contribution in [0.25, 0.3) is 33.7 Å². The number of oxazole rings is 1. The van der Waals surface area contributed by atoms with E-state index in [9.17, 15) is 23.3 Å². The van der Waals surface area contributed by atoms with E-state index in [0.717, 1.165) is 18.2 Å². The van der Waals surface area contributed by atoms with Gasteiger partial charge in [0, 0.05) is 28.9 Å². The molecule has 4 rings (SSSR count). The molecule has 30 heavy (non-hydrogen) atoms. The van der Waals surface area contributed by atoms with E-state index in [1.807, 2.05) is 0 Å². The quantitative estimate of drug-likeness (QED) is 0.231. The van der Waals surface area contributed by atoms with Crippen LogP contribution in [0.1, 0.15) is 5.56 Å². The number of nitrogen functional groups attached to an aromatic ring is 1. The SMILES string of the molecule is Nc1ccc(-c2cc(-c3nc4cc(C(F)(F)F)ccc4o3)cc([N+](=O)[O-])c2)c(Cl)c1. The fourth-order valence-electron chi connectivity index (χ4n) is 2.99. The van der Waals surface area contributed by atoms with E-state index >= 15 is 0 Å². The number of nitro groups is 1. The maximum Gasteiger partial charge on any atom is 0.416 e. The molecule has 0 saturated heterocycles. The molecule has 2 N–H and O–H groups in total. The average molecular weight is 434 g/mol. The van der Waals surface area contributed by atoms with E-state index in [4.69, 9.17) is 21.8 Å². The zero-order valence-corrected chi connectivity index (χ0v) is 15.7. The molecule has 1 aromatic heterocycles. The largest absolute Gasteiger partial charge is 0.436 e. The molecule has 0 aliphatic rings. The average Bonchev–Trinajstić information content (AvgIpc) is 3.10. The van der Waals surface area contributed by atoms with Crippen LogP contribution in [0.15, 0.2) is 59.0 Å². The Hall–Kier alpha value is -3.59. The first-order chi connectivity index (χ1) is 14.1. The molecule has 0 amide bonds. The predicted molar refractivity (Wildman–Crippen MR) is 106 cm³/mol. The molecule has 152 valence electrons. The molecule has 0 saturated carbocycles. The maximum absolute atomic E-state index is 12.9. The molecule has 1 heterocycles. The molecule has 0 aliphatic carbocycles. The van der Waals surface area contributed by atoms with Gasteiger partial charge in [0.25, 0.3) is 5.69 Å². The van der Waals surface area contributed by atoms with E-state index in [-0.39, 0.29) is 33.3 Å². The number of hydrogen-bond acceptors (Lipinski definition) is 5. The van der Waals surface area contributed by atoms with Crippen molar-refractivity contribution in [2.75, 3.05) is 5.73 Å². The van der Waals surface area contributed by atoms with Crippen molar-refractivity contribution >= 4 is 34.1 Å². The summed E-state index contributed by atoms with van der Waals surface area (Å²) < 4.78 is 44.4. The summed E-state index contributed by atoms with van der Waals surface area (Å²) in [6.07, 6.45) is -4.53. The van der Waals surface area contributed by atoms with Crippen LogP contribution in [-0.4, -0.2) is 9.91 Å². The predicted octanol–water partition coefficient (Wildman–Crippen LogP) is 6.32. The summed E-state index contributed by atoms with van der Waals surface area (Å²) in [5, 5.41) is 11.7. The van der Waals surface area contributed by atoms with Crippen molar-refractivity contribution in [1.29, 1.82) is 0 Å². The Balaban J connectivity index is 1.88. The molecule has 6 nitrogen and oxygen atoms in total. The number of fused-ring (bicyclic) bond motifs is 1. The van der Waals surface area contributed by atoms with Crippen molar-refractivity contribution < 1.29 is 22.5 Å². The zero-order valence-electron chi connectivity index (χ0n) is 14.9. The van der Waals surface area contributed by atoms with Gasteiger partial charge in [-0.2, -0.15) is 13.2 Å². The lowest BCUT2D eigenvalue weighted by Gasteiger charge is -2.07. The van der Waals surface area contributed by atoms with Gasteiger partial charge in [0.15, 0.2) is 5.58 Å². The molecule has 3 aromatic carbocycles. The first-order valence-corrected chi connectivity index (χ1v) is 8.82. The van der Waals surface area contributed by atoms with Gasteiger partial charge in [0.1, 0.15) is 5.52 Å². The monoisotopic (exact) mass is 433 g/mol. The molecule has 0 spiro atoms. The van der Waals surface area contributed by atoms with Gasteiger partial charge in [-0.3, -0.25) is 10.1 Å². The van der Waals surface area contributed by atoms with Gasteiger partial charge in [-0.25, -0.2) is 4.98 Å². The van der Waals surface area contributed by atoms with Crippen molar-refractivity contribution in [3.63, 3.8) is 0 Å². The highest BCUT2D eigenvalue weighted by Gasteiger charge is 2.31. The first-order valence-electron chi connectivity index (χ1n) is 8.45. The standard InChI is InChI=1S/C20H11ClF3N3O3/c21-16-9-13(25)2-3-15(16)10-5-11(7-14(6-10)27(28)29)19-26-17-8-12(20(22,23)24)1-4-18(17)30-19/h1-9H,25H2. The minimum atomic E-state index is -4.53. The van der Waals surface area contributed by atoms with Gasteiger partial charge in [-0.05, 0) is 42.0 Å². The highest BCUT2D eigenvalue weighted by Crippen LogP contribution is 2.37. The van der Waals surface area contributed by atoms with Crippen molar-refractivity contribution in [2.45, 2.75) is 6.18 Å². The van der Waals surface area contributed by atoms with Crippen LogP contribution >= 0.6 is 11.6 Å². The molecular formula is C20H11ClF3N3O3. The summed E-state index contributed by atoms with van der Waals surface area (Å²) in [7, 11) is 0. The van der Waals surface area contributed by atoms with Crippen molar-refractivity contribution in [3.05, 3.63) is 75.3 Å². The topological polar surface area (TPSA) is 95.2 Å². The normalized spacial score (nSPS) is 11.7. The zero-order chi connectivity index (χ0) is 21.6. The number of nitrogens with zero attached hydrogens (tertiary/aromatic N) is 2. The second-order valence-corrected chi connectivity index (χ2v) is 6.87. The molecule has 0 radical (unpaired) electrons. The highest BCUT2D eigenvalue weighted by molar-refractivity contribution is 6.33. The fraction of sp³-hybridized carbons (Fsp3) is 0.0500. The second kappa shape index (κ2) is 7.03. The molecular weight excluding hydrogens is 423 g/mol. The molecule has 0 atom stereocenters. The fourth-order valence-corrected chi connectivity index (χ4v) is 3.29. The molecule has 10 heteroatoms. The third kappa shape index (κ3) is 3.67. The van der Waals surface area contributed by atoms with E-state index < -0.39 is 16.7 Å². The summed E-state index contributed by atoms with van der Waals surface area (Å²) >= 11 is 6.22. The Kier molecular flexibility index (Phi) is 4.62. The van der Waals surface area contributed by atoms with Crippen LogP contribution in [0, 0.1) is 10.1 Å². The molecule has 0 bridgehead atoms. The van der Waals surface area contributed by atoms with Crippen LogP contribution in [0.4, 0.5) is 24.5 Å². The number of non-ortho nitro benzene ring substituents is 1. The number of halogens is 4. The van der Waals surface area contributed by atoms with Crippen LogP contribution < -0.4 is 5.73 Å². The number of rotatable bonds is 3. The molecule has 0 fully saturated rings. The Morgan fingerprint density at radius 2 is 1.77 bits per heavy atom. The second-order valence-electron chi connectivity index (χ2n) is 6.46. The molecule has 4 aromatic rings. The first kappa shape index (κ1) is 19.7. The Morgan fingerprint density at radius 1 is 1.03 bits per heavy atom. The molecule has 0 aliphatic heterocycles. The number of anilines is 1. The van der Waals surface area contributed by atoms with Gasteiger partial charge < -0.3 is 10.2 Å². The van der Waals surface area contributed by atoms with Crippen LogP contribution in [-0.2, 0) is 6.18 Å². The smallest absolute Gasteiger partial charge is 0.416 e. The van der Waals surface area contributed by atoms with Gasteiger partial charge in [-0.15, -0.1) is 0 Å². The maximum atomic E-state index is 12.9. The van der Waals surface area contributed by atoms with Gasteiger partial charge in [-0.1, -0.05) is 17.7 Å². The summed E-state index contributed by atoms with van der Waals surface area (Å²) in [6, 6.07) is 11.7. The Labute approximate surface area is 171 Å². The van der Waals surface area contributed by atoms with Crippen molar-refractivity contribution in [2.24, 2.45) is 0 Å². The van der Waals surface area contributed by atoms with E-state index in [1.54, 1.807) is 18.2 Å². The lowest BCUT2D eigenvalue weighted by atomic mass is 10.0. The number of hydrogen-bond donors (Lipinski definition) is 1. The van der Waals surface area contributed by atoms with Gasteiger partial charge in [0.05, 0.1) is 15.5 Å². The summed E-state index contributed by atoms with van der Waals surface area (Å²) in [6.45, 7) is 0. The number of nitro benzene ring substituents is 1. The number of alkyl halides is 3. The third-order valence-corrected chi connectivity index (χ3v) is 4.71. The lowest BCUT2D eigenvalue weighted by molar-refractivity contribution is -0.384. The van der Waals surface area contributed by atoms with Gasteiger partial charge in [0.2, 0.25) is 5.89 Å². The van der Waals surface area contributed by atoms with Crippen LogP contribution in [0.3, 0.4) is 0 Å². The van der Waals surface area contributed by atoms with Gasteiger partial charge >= 0.3 is 6.18 Å². The lowest BCUT2D eigenvalue weighted by Crippen LogP contribution is -2.03. The van der Waals surface area contributed by atoms with Crippen molar-refractivity contribution in [1.82, 2.24) is 4.98 Å². The Morgan fingerprint density at radius 3 is 2.43 bits per heavy atom. The molecule has 0 unspecified atom stereocenters. The highest BCUT2D eigenvalue weighted by atomic mass is 35.5. The van der Waals surface area contributed by atoms with Crippen molar-refractivity contribution in [3.8, 4) is 22.6 Å². The van der Waals surface area contributed by atoms with Crippen LogP contribution in [0.5, 0.6) is 0 Å².